The van der Waals surface area contributed by atoms with E-state index >= 15 is 0 Å². The van der Waals surface area contributed by atoms with Gasteiger partial charge < -0.3 is 14.5 Å². The van der Waals surface area contributed by atoms with Gasteiger partial charge in [0.1, 0.15) is 23.1 Å². The minimum absolute atomic E-state index is 0.190. The van der Waals surface area contributed by atoms with Crippen molar-refractivity contribution in [3.05, 3.63) is 58.5 Å². The molecular weight excluding hydrogens is 329 g/mol. The number of benzene rings is 1. The molecule has 0 unspecified atom stereocenters. The van der Waals surface area contributed by atoms with Gasteiger partial charge in [0.25, 0.3) is 0 Å². The molecule has 1 aromatic heterocycles. The highest BCUT2D eigenvalue weighted by atomic mass is 35.5. The van der Waals surface area contributed by atoms with E-state index in [0.717, 1.165) is 17.0 Å². The summed E-state index contributed by atoms with van der Waals surface area (Å²) in [5, 5.41) is 4.00. The van der Waals surface area contributed by atoms with Crippen LogP contribution in [0.4, 0.5) is 5.69 Å². The molecule has 0 aliphatic carbocycles. The lowest BCUT2D eigenvalue weighted by Gasteiger charge is -2.11. The zero-order chi connectivity index (χ0) is 15.4. The molecular formula is C15H13Cl2NO2S. The summed E-state index contributed by atoms with van der Waals surface area (Å²) >= 11 is 17.1. The van der Waals surface area contributed by atoms with Crippen molar-refractivity contribution in [2.24, 2.45) is 0 Å². The molecule has 1 heterocycles. The summed E-state index contributed by atoms with van der Waals surface area (Å²) in [6.07, 6.45) is 1.60. The first-order valence-corrected chi connectivity index (χ1v) is 7.25. The Bertz CT molecular complexity index is 682. The molecule has 0 aliphatic rings. The van der Waals surface area contributed by atoms with Gasteiger partial charge in [-0.15, -0.1) is 0 Å². The summed E-state index contributed by atoms with van der Waals surface area (Å²) in [6, 6.07) is 7.10. The number of ether oxygens (including phenoxy) is 1. The van der Waals surface area contributed by atoms with Crippen molar-refractivity contribution in [1.29, 1.82) is 0 Å². The minimum atomic E-state index is 0.190. The van der Waals surface area contributed by atoms with Crippen molar-refractivity contribution in [2.45, 2.75) is 6.92 Å². The largest absolute Gasteiger partial charge is 0.486 e. The van der Waals surface area contributed by atoms with E-state index < -0.39 is 0 Å². The molecule has 1 N–H and O–H groups in total. The SMILES string of the molecule is C=C(Cl)COc1cc(NC(=S)c2ccoc2C)ccc1Cl. The van der Waals surface area contributed by atoms with E-state index in [9.17, 15) is 0 Å². The van der Waals surface area contributed by atoms with Crippen LogP contribution in [0.2, 0.25) is 5.02 Å². The van der Waals surface area contributed by atoms with Gasteiger partial charge in [-0.2, -0.15) is 0 Å². The maximum Gasteiger partial charge on any atom is 0.140 e. The molecule has 0 spiro atoms. The van der Waals surface area contributed by atoms with E-state index in [4.69, 9.17) is 44.6 Å². The summed E-state index contributed by atoms with van der Waals surface area (Å²) in [5.41, 5.74) is 1.61. The van der Waals surface area contributed by atoms with Crippen molar-refractivity contribution < 1.29 is 9.15 Å². The summed E-state index contributed by atoms with van der Waals surface area (Å²) in [5.74, 6) is 1.27. The number of nitrogens with one attached hydrogen (secondary N) is 1. The Morgan fingerprint density at radius 1 is 1.43 bits per heavy atom. The fraction of sp³-hybridized carbons (Fsp3) is 0.133. The van der Waals surface area contributed by atoms with E-state index in [-0.39, 0.29) is 6.61 Å². The normalized spacial score (nSPS) is 10.2. The first-order chi connectivity index (χ1) is 9.97. The Balaban J connectivity index is 2.13. The molecule has 0 atom stereocenters. The van der Waals surface area contributed by atoms with Crippen LogP contribution >= 0.6 is 35.4 Å². The van der Waals surface area contributed by atoms with Gasteiger partial charge in [-0.3, -0.25) is 0 Å². The van der Waals surface area contributed by atoms with Gasteiger partial charge in [-0.1, -0.05) is 42.0 Å². The van der Waals surface area contributed by atoms with Crippen LogP contribution in [0.1, 0.15) is 11.3 Å². The lowest BCUT2D eigenvalue weighted by Crippen LogP contribution is -2.10. The van der Waals surface area contributed by atoms with Crippen molar-refractivity contribution in [3.8, 4) is 5.75 Å². The molecule has 0 amide bonds. The molecule has 110 valence electrons. The van der Waals surface area contributed by atoms with Gasteiger partial charge in [0, 0.05) is 16.8 Å². The monoisotopic (exact) mass is 341 g/mol. The predicted octanol–water partition coefficient (Wildman–Crippen LogP) is 5.16. The van der Waals surface area contributed by atoms with Gasteiger partial charge in [0.05, 0.1) is 16.8 Å². The third-order valence-electron chi connectivity index (χ3n) is 2.68. The quantitative estimate of drug-likeness (QED) is 0.761. The first-order valence-electron chi connectivity index (χ1n) is 6.08. The molecule has 0 saturated heterocycles. The predicted molar refractivity (Wildman–Crippen MR) is 90.7 cm³/mol. The van der Waals surface area contributed by atoms with Crippen molar-refractivity contribution in [2.75, 3.05) is 11.9 Å². The lowest BCUT2D eigenvalue weighted by molar-refractivity contribution is 0.360. The molecule has 0 saturated carbocycles. The Hall–Kier alpha value is -1.49. The van der Waals surface area contributed by atoms with E-state index in [2.05, 4.69) is 11.9 Å². The van der Waals surface area contributed by atoms with Crippen molar-refractivity contribution >= 4 is 46.1 Å². The number of anilines is 1. The maximum absolute atomic E-state index is 6.07. The Morgan fingerprint density at radius 2 is 2.19 bits per heavy atom. The summed E-state index contributed by atoms with van der Waals surface area (Å²) < 4.78 is 10.7. The van der Waals surface area contributed by atoms with Gasteiger partial charge in [0.15, 0.2) is 0 Å². The van der Waals surface area contributed by atoms with E-state index in [1.54, 1.807) is 18.4 Å². The van der Waals surface area contributed by atoms with Gasteiger partial charge in [-0.05, 0) is 25.1 Å². The zero-order valence-electron chi connectivity index (χ0n) is 11.3. The van der Waals surface area contributed by atoms with E-state index in [1.807, 2.05) is 19.1 Å². The first kappa shape index (κ1) is 15.9. The molecule has 21 heavy (non-hydrogen) atoms. The Labute approximate surface area is 138 Å². The molecule has 0 fully saturated rings. The number of halogens is 2. The van der Waals surface area contributed by atoms with Gasteiger partial charge in [0.2, 0.25) is 0 Å². The minimum Gasteiger partial charge on any atom is -0.486 e. The van der Waals surface area contributed by atoms with E-state index in [1.165, 1.54) is 0 Å². The molecule has 0 aliphatic heterocycles. The molecule has 0 bridgehead atoms. The smallest absolute Gasteiger partial charge is 0.140 e. The molecule has 3 nitrogen and oxygen atoms in total. The van der Waals surface area contributed by atoms with Crippen LogP contribution in [-0.4, -0.2) is 11.6 Å². The third kappa shape index (κ3) is 4.24. The average Bonchev–Trinajstić information content (AvgIpc) is 2.85. The standard InChI is InChI=1S/C15H13Cl2NO2S/c1-9(16)8-20-14-7-11(3-4-13(14)17)18-15(21)12-5-6-19-10(12)2/h3-7H,1,8H2,2H3,(H,18,21). The second kappa shape index (κ2) is 6.98. The van der Waals surface area contributed by atoms with Gasteiger partial charge >= 0.3 is 0 Å². The maximum atomic E-state index is 6.07. The summed E-state index contributed by atoms with van der Waals surface area (Å²) in [4.78, 5) is 0.566. The molecule has 0 radical (unpaired) electrons. The van der Waals surface area contributed by atoms with Crippen molar-refractivity contribution in [1.82, 2.24) is 0 Å². The second-order valence-electron chi connectivity index (χ2n) is 4.30. The molecule has 6 heteroatoms. The second-order valence-corrected chi connectivity index (χ2v) is 5.65. The Morgan fingerprint density at radius 3 is 2.81 bits per heavy atom. The zero-order valence-corrected chi connectivity index (χ0v) is 13.6. The molecule has 2 aromatic rings. The van der Waals surface area contributed by atoms with Gasteiger partial charge in [-0.25, -0.2) is 0 Å². The topological polar surface area (TPSA) is 34.4 Å². The molecule has 1 aromatic carbocycles. The van der Waals surface area contributed by atoms with E-state index in [0.29, 0.717) is 20.8 Å². The fourth-order valence-corrected chi connectivity index (χ4v) is 2.22. The number of rotatable bonds is 5. The Kier molecular flexibility index (Phi) is 5.28. The number of aryl methyl sites for hydroxylation is 1. The van der Waals surface area contributed by atoms with Crippen LogP contribution in [0.5, 0.6) is 5.75 Å². The van der Waals surface area contributed by atoms with Crippen LogP contribution in [0.15, 0.2) is 46.6 Å². The average molecular weight is 342 g/mol. The highest BCUT2D eigenvalue weighted by Crippen LogP contribution is 2.29. The summed E-state index contributed by atoms with van der Waals surface area (Å²) in [6.45, 7) is 5.61. The van der Waals surface area contributed by atoms with Crippen LogP contribution in [0.3, 0.4) is 0 Å². The number of furan rings is 1. The summed E-state index contributed by atoms with van der Waals surface area (Å²) in [7, 11) is 0. The highest BCUT2D eigenvalue weighted by Gasteiger charge is 2.09. The number of hydrogen-bond donors (Lipinski definition) is 1. The highest BCUT2D eigenvalue weighted by molar-refractivity contribution is 7.81. The van der Waals surface area contributed by atoms with Crippen LogP contribution in [-0.2, 0) is 0 Å². The fourth-order valence-electron chi connectivity index (χ4n) is 1.67. The van der Waals surface area contributed by atoms with Crippen LogP contribution in [0, 0.1) is 6.92 Å². The van der Waals surface area contributed by atoms with Crippen LogP contribution in [0.25, 0.3) is 0 Å². The number of hydrogen-bond acceptors (Lipinski definition) is 3. The lowest BCUT2D eigenvalue weighted by atomic mass is 10.2. The molecule has 2 rings (SSSR count). The van der Waals surface area contributed by atoms with Crippen LogP contribution < -0.4 is 10.1 Å². The van der Waals surface area contributed by atoms with Crippen molar-refractivity contribution in [3.63, 3.8) is 0 Å². The number of thiocarbonyl (C=S) groups is 1. The third-order valence-corrected chi connectivity index (χ3v) is 3.42.